The highest BCUT2D eigenvalue weighted by atomic mass is 32.1. The molecule has 0 aliphatic carbocycles. The second kappa shape index (κ2) is 5.40. The second-order valence-electron chi connectivity index (χ2n) is 4.72. The Morgan fingerprint density at radius 2 is 1.79 bits per heavy atom. The van der Waals surface area contributed by atoms with E-state index < -0.39 is 36.1 Å². The van der Waals surface area contributed by atoms with Crippen LogP contribution in [0.4, 0.5) is 0 Å². The molecule has 2 N–H and O–H groups in total. The van der Waals surface area contributed by atoms with Crippen LogP contribution in [0.25, 0.3) is 0 Å². The van der Waals surface area contributed by atoms with Crippen molar-refractivity contribution in [1.82, 2.24) is 0 Å². The van der Waals surface area contributed by atoms with Gasteiger partial charge in [-0.3, -0.25) is 0 Å². The summed E-state index contributed by atoms with van der Waals surface area (Å²) in [6.45, 7) is 0.297. The van der Waals surface area contributed by atoms with Crippen molar-refractivity contribution < 1.29 is 24.4 Å². The molecule has 19 heavy (non-hydrogen) atoms. The number of ether oxygens (including phenoxy) is 3. The Morgan fingerprint density at radius 1 is 1.05 bits per heavy atom. The Bertz CT molecular complexity index is 426. The van der Waals surface area contributed by atoms with Gasteiger partial charge < -0.3 is 24.4 Å². The zero-order chi connectivity index (χ0) is 13.4. The van der Waals surface area contributed by atoms with E-state index in [1.54, 1.807) is 0 Å². The molecule has 0 spiro atoms. The molecule has 1 aromatic rings. The first kappa shape index (κ1) is 13.4. The average Bonchev–Trinajstić information content (AvgIpc) is 2.46. The van der Waals surface area contributed by atoms with Crippen LogP contribution in [-0.4, -0.2) is 46.7 Å². The lowest BCUT2D eigenvalue weighted by molar-refractivity contribution is -0.318. The predicted octanol–water partition coefficient (Wildman–Crippen LogP) is 0.477. The van der Waals surface area contributed by atoms with E-state index in [0.717, 1.165) is 5.56 Å². The molecule has 3 rings (SSSR count). The van der Waals surface area contributed by atoms with Crippen LogP contribution < -0.4 is 0 Å². The van der Waals surface area contributed by atoms with E-state index in [-0.39, 0.29) is 0 Å². The molecule has 0 aromatic heterocycles. The minimum Gasteiger partial charge on any atom is -0.387 e. The summed E-state index contributed by atoms with van der Waals surface area (Å²) >= 11 is 4.08. The lowest BCUT2D eigenvalue weighted by atomic mass is 9.99. The normalized spacial score (nSPS) is 42.7. The molecule has 2 unspecified atom stereocenters. The number of thiol groups is 1. The van der Waals surface area contributed by atoms with E-state index in [2.05, 4.69) is 12.6 Å². The summed E-state index contributed by atoms with van der Waals surface area (Å²) < 4.78 is 16.8. The quantitative estimate of drug-likeness (QED) is 0.654. The molecule has 2 aliphatic rings. The molecule has 6 atom stereocenters. The number of rotatable bonds is 1. The number of hydrogen-bond donors (Lipinski definition) is 3. The molecular weight excluding hydrogens is 268 g/mol. The molecule has 2 saturated heterocycles. The predicted molar refractivity (Wildman–Crippen MR) is 69.7 cm³/mol. The fraction of sp³-hybridized carbons (Fsp3) is 0.538. The van der Waals surface area contributed by atoms with E-state index in [0.29, 0.717) is 6.61 Å². The average molecular weight is 284 g/mol. The fourth-order valence-electron chi connectivity index (χ4n) is 2.37. The van der Waals surface area contributed by atoms with Crippen LogP contribution in [0.1, 0.15) is 11.9 Å². The van der Waals surface area contributed by atoms with Crippen molar-refractivity contribution in [1.29, 1.82) is 0 Å². The van der Waals surface area contributed by atoms with E-state index >= 15 is 0 Å². The van der Waals surface area contributed by atoms with Gasteiger partial charge in [-0.05, 0) is 0 Å². The van der Waals surface area contributed by atoms with E-state index in [9.17, 15) is 10.2 Å². The first-order valence-corrected chi connectivity index (χ1v) is 6.70. The van der Waals surface area contributed by atoms with Crippen molar-refractivity contribution in [2.45, 2.75) is 36.1 Å². The maximum atomic E-state index is 10.0. The largest absolute Gasteiger partial charge is 0.387 e. The van der Waals surface area contributed by atoms with Gasteiger partial charge in [-0.2, -0.15) is 0 Å². The molecule has 0 radical (unpaired) electrons. The Hall–Kier alpha value is -0.630. The van der Waals surface area contributed by atoms with Crippen molar-refractivity contribution in [3.05, 3.63) is 35.9 Å². The van der Waals surface area contributed by atoms with Crippen molar-refractivity contribution in [2.24, 2.45) is 0 Å². The van der Waals surface area contributed by atoms with Crippen molar-refractivity contribution >= 4 is 12.6 Å². The highest BCUT2D eigenvalue weighted by Crippen LogP contribution is 2.34. The first-order valence-electron chi connectivity index (χ1n) is 6.18. The maximum Gasteiger partial charge on any atom is 0.184 e. The van der Waals surface area contributed by atoms with Crippen LogP contribution in [0, 0.1) is 0 Å². The topological polar surface area (TPSA) is 68.2 Å². The van der Waals surface area contributed by atoms with Gasteiger partial charge in [0.05, 0.1) is 6.61 Å². The molecule has 6 heteroatoms. The van der Waals surface area contributed by atoms with Gasteiger partial charge in [-0.15, -0.1) is 12.6 Å². The number of hydrogen-bond acceptors (Lipinski definition) is 6. The summed E-state index contributed by atoms with van der Waals surface area (Å²) in [6, 6.07) is 9.46. The zero-order valence-electron chi connectivity index (χ0n) is 10.1. The Morgan fingerprint density at radius 3 is 2.53 bits per heavy atom. The van der Waals surface area contributed by atoms with Gasteiger partial charge in [-0.1, -0.05) is 30.3 Å². The summed E-state index contributed by atoms with van der Waals surface area (Å²) in [7, 11) is 0. The summed E-state index contributed by atoms with van der Waals surface area (Å²) in [5.74, 6) is 0. The minimum absolute atomic E-state index is 0.297. The molecule has 2 aliphatic heterocycles. The third kappa shape index (κ3) is 2.52. The Labute approximate surface area is 116 Å². The first-order chi connectivity index (χ1) is 9.16. The second-order valence-corrected chi connectivity index (χ2v) is 5.23. The third-order valence-electron chi connectivity index (χ3n) is 3.42. The van der Waals surface area contributed by atoms with E-state index in [1.807, 2.05) is 30.3 Å². The maximum absolute atomic E-state index is 10.0. The van der Waals surface area contributed by atoms with Crippen LogP contribution >= 0.6 is 12.6 Å². The minimum atomic E-state index is -1.07. The van der Waals surface area contributed by atoms with Gasteiger partial charge in [0.1, 0.15) is 29.9 Å². The number of aliphatic hydroxyl groups is 2. The highest BCUT2D eigenvalue weighted by molar-refractivity contribution is 7.80. The monoisotopic (exact) mass is 284 g/mol. The van der Waals surface area contributed by atoms with Gasteiger partial charge in [-0.25, -0.2) is 0 Å². The van der Waals surface area contributed by atoms with E-state index in [4.69, 9.17) is 14.2 Å². The van der Waals surface area contributed by atoms with Crippen LogP contribution in [-0.2, 0) is 14.2 Å². The van der Waals surface area contributed by atoms with Crippen LogP contribution in [0.5, 0.6) is 0 Å². The van der Waals surface area contributed by atoms with Gasteiger partial charge in [0, 0.05) is 5.56 Å². The van der Waals surface area contributed by atoms with Crippen molar-refractivity contribution in [3.8, 4) is 0 Å². The zero-order valence-corrected chi connectivity index (χ0v) is 11.0. The summed E-state index contributed by atoms with van der Waals surface area (Å²) in [6.07, 6.45) is -3.68. The summed E-state index contributed by atoms with van der Waals surface area (Å²) in [5, 5.41) is 19.8. The Kier molecular flexibility index (Phi) is 3.79. The fourth-order valence-corrected chi connectivity index (χ4v) is 2.70. The Balaban J connectivity index is 1.75. The lowest BCUT2D eigenvalue weighted by Gasteiger charge is -2.45. The smallest absolute Gasteiger partial charge is 0.184 e. The SMILES string of the molecule is O[C@H]1[C@H]2OC(c3ccccc3)OC[C@H]2OC(S)[C@@H]1O. The highest BCUT2D eigenvalue weighted by Gasteiger charge is 2.47. The third-order valence-corrected chi connectivity index (χ3v) is 3.85. The van der Waals surface area contributed by atoms with Gasteiger partial charge in [0.15, 0.2) is 6.29 Å². The number of aliphatic hydroxyl groups excluding tert-OH is 2. The molecular formula is C13H16O5S. The number of fused-ring (bicyclic) bond motifs is 1. The van der Waals surface area contributed by atoms with E-state index in [1.165, 1.54) is 0 Å². The molecule has 1 aromatic carbocycles. The molecule has 0 amide bonds. The molecule has 0 bridgehead atoms. The van der Waals surface area contributed by atoms with Crippen molar-refractivity contribution in [3.63, 3.8) is 0 Å². The standard InChI is InChI=1S/C13H16O5S/c14-9-10(15)13(19)17-8-6-16-12(18-11(8)9)7-4-2-1-3-5-7/h1-5,8-15,19H,6H2/t8-,9-,10-,11+,12?,13?/m1/s1. The molecule has 104 valence electrons. The van der Waals surface area contributed by atoms with Crippen LogP contribution in [0.2, 0.25) is 0 Å². The molecule has 0 saturated carbocycles. The lowest BCUT2D eigenvalue weighted by Crippen LogP contribution is -2.60. The molecule has 2 fully saturated rings. The van der Waals surface area contributed by atoms with Gasteiger partial charge >= 0.3 is 0 Å². The summed E-state index contributed by atoms with van der Waals surface area (Å²) in [4.78, 5) is 0. The van der Waals surface area contributed by atoms with Gasteiger partial charge in [0.25, 0.3) is 0 Å². The molecule has 2 heterocycles. The summed E-state index contributed by atoms with van der Waals surface area (Å²) in [5.41, 5.74) is 0.146. The van der Waals surface area contributed by atoms with Crippen LogP contribution in [0.15, 0.2) is 30.3 Å². The van der Waals surface area contributed by atoms with Crippen molar-refractivity contribution in [2.75, 3.05) is 6.61 Å². The van der Waals surface area contributed by atoms with Crippen LogP contribution in [0.3, 0.4) is 0 Å². The number of benzene rings is 1. The molecule has 5 nitrogen and oxygen atoms in total. The van der Waals surface area contributed by atoms with Gasteiger partial charge in [0.2, 0.25) is 0 Å².